The van der Waals surface area contributed by atoms with E-state index in [9.17, 15) is 5.11 Å². The van der Waals surface area contributed by atoms with E-state index in [1.54, 1.807) is 7.11 Å². The quantitative estimate of drug-likeness (QED) is 0.809. The van der Waals surface area contributed by atoms with E-state index in [4.69, 9.17) is 9.47 Å². The molecule has 0 radical (unpaired) electrons. The van der Waals surface area contributed by atoms with Gasteiger partial charge in [0.15, 0.2) is 11.5 Å². The number of hydrogen-bond donors (Lipinski definition) is 2. The molecule has 1 rings (SSSR count). The first kappa shape index (κ1) is 18.0. The maximum atomic E-state index is 9.19. The molecule has 5 heteroatoms. The second kappa shape index (κ2) is 8.25. The molecule has 0 saturated heterocycles. The SMILES string of the molecule is CCOc1cc(CNC(C)(C)CO)ccc1OC.Cl. The van der Waals surface area contributed by atoms with Crippen LogP contribution in [0.25, 0.3) is 0 Å². The number of aliphatic hydroxyl groups is 1. The number of benzene rings is 1. The van der Waals surface area contributed by atoms with Gasteiger partial charge in [0.1, 0.15) is 0 Å². The van der Waals surface area contributed by atoms with Gasteiger partial charge in [-0.15, -0.1) is 12.4 Å². The number of rotatable bonds is 7. The van der Waals surface area contributed by atoms with Crippen LogP contribution in [0.5, 0.6) is 11.5 Å². The van der Waals surface area contributed by atoms with Crippen molar-refractivity contribution in [2.75, 3.05) is 20.3 Å². The highest BCUT2D eigenvalue weighted by Crippen LogP contribution is 2.28. The van der Waals surface area contributed by atoms with Crippen LogP contribution in [-0.2, 0) is 6.54 Å². The van der Waals surface area contributed by atoms with Crippen molar-refractivity contribution in [3.63, 3.8) is 0 Å². The van der Waals surface area contributed by atoms with Gasteiger partial charge in [-0.2, -0.15) is 0 Å². The van der Waals surface area contributed by atoms with Crippen molar-refractivity contribution in [1.82, 2.24) is 5.32 Å². The van der Waals surface area contributed by atoms with E-state index in [-0.39, 0.29) is 24.6 Å². The van der Waals surface area contributed by atoms with Gasteiger partial charge in [0.25, 0.3) is 0 Å². The average Bonchev–Trinajstić information content (AvgIpc) is 2.37. The molecule has 0 saturated carbocycles. The van der Waals surface area contributed by atoms with Crippen molar-refractivity contribution in [3.05, 3.63) is 23.8 Å². The summed E-state index contributed by atoms with van der Waals surface area (Å²) in [7, 11) is 1.63. The van der Waals surface area contributed by atoms with Crippen molar-refractivity contribution in [2.45, 2.75) is 32.9 Å². The number of aliphatic hydroxyl groups excluding tert-OH is 1. The maximum absolute atomic E-state index is 9.19. The molecule has 0 atom stereocenters. The summed E-state index contributed by atoms with van der Waals surface area (Å²) in [6, 6.07) is 5.85. The summed E-state index contributed by atoms with van der Waals surface area (Å²) >= 11 is 0. The van der Waals surface area contributed by atoms with Crippen molar-refractivity contribution in [3.8, 4) is 11.5 Å². The monoisotopic (exact) mass is 289 g/mol. The molecular formula is C14H24ClNO3. The third-order valence-corrected chi connectivity index (χ3v) is 2.69. The van der Waals surface area contributed by atoms with Crippen molar-refractivity contribution >= 4 is 12.4 Å². The predicted molar refractivity (Wildman–Crippen MR) is 79.4 cm³/mol. The molecule has 4 nitrogen and oxygen atoms in total. The first-order valence-corrected chi connectivity index (χ1v) is 6.18. The first-order valence-electron chi connectivity index (χ1n) is 6.18. The molecule has 0 unspecified atom stereocenters. The molecule has 19 heavy (non-hydrogen) atoms. The Morgan fingerprint density at radius 1 is 1.26 bits per heavy atom. The molecule has 1 aromatic carbocycles. The Hall–Kier alpha value is -0.970. The van der Waals surface area contributed by atoms with Gasteiger partial charge in [-0.1, -0.05) is 6.07 Å². The van der Waals surface area contributed by atoms with E-state index in [0.717, 1.165) is 17.1 Å². The number of hydrogen-bond acceptors (Lipinski definition) is 4. The van der Waals surface area contributed by atoms with Crippen LogP contribution in [0.2, 0.25) is 0 Å². The summed E-state index contributed by atoms with van der Waals surface area (Å²) in [6.45, 7) is 7.24. The zero-order chi connectivity index (χ0) is 13.6. The summed E-state index contributed by atoms with van der Waals surface area (Å²) in [5.41, 5.74) is 0.812. The summed E-state index contributed by atoms with van der Waals surface area (Å²) < 4.78 is 10.8. The molecule has 0 aliphatic carbocycles. The summed E-state index contributed by atoms with van der Waals surface area (Å²) in [5, 5.41) is 12.5. The molecule has 0 aliphatic rings. The Kier molecular flexibility index (Phi) is 7.83. The molecule has 0 fully saturated rings. The second-order valence-electron chi connectivity index (χ2n) is 4.81. The van der Waals surface area contributed by atoms with Crippen LogP contribution < -0.4 is 14.8 Å². The lowest BCUT2D eigenvalue weighted by Gasteiger charge is -2.23. The largest absolute Gasteiger partial charge is 0.493 e. The van der Waals surface area contributed by atoms with Gasteiger partial charge in [-0.25, -0.2) is 0 Å². The highest BCUT2D eigenvalue weighted by atomic mass is 35.5. The third kappa shape index (κ3) is 5.68. The Balaban J connectivity index is 0.00000324. The van der Waals surface area contributed by atoms with E-state index in [2.05, 4.69) is 5.32 Å². The molecule has 0 bridgehead atoms. The van der Waals surface area contributed by atoms with Crippen LogP contribution in [0.15, 0.2) is 18.2 Å². The van der Waals surface area contributed by atoms with Crippen LogP contribution >= 0.6 is 12.4 Å². The molecular weight excluding hydrogens is 266 g/mol. The molecule has 0 amide bonds. The normalized spacial score (nSPS) is 10.8. The fourth-order valence-electron chi connectivity index (χ4n) is 1.50. The van der Waals surface area contributed by atoms with Crippen LogP contribution in [0.3, 0.4) is 0 Å². The van der Waals surface area contributed by atoms with E-state index < -0.39 is 0 Å². The van der Waals surface area contributed by atoms with Gasteiger partial charge in [-0.05, 0) is 38.5 Å². The molecule has 110 valence electrons. The minimum atomic E-state index is -0.286. The lowest BCUT2D eigenvalue weighted by molar-refractivity contribution is 0.187. The van der Waals surface area contributed by atoms with Gasteiger partial charge in [0.2, 0.25) is 0 Å². The molecule has 0 spiro atoms. The number of methoxy groups -OCH3 is 1. The lowest BCUT2D eigenvalue weighted by atomic mass is 10.1. The fraction of sp³-hybridized carbons (Fsp3) is 0.571. The Labute approximate surface area is 121 Å². The van der Waals surface area contributed by atoms with Gasteiger partial charge in [0, 0.05) is 12.1 Å². The topological polar surface area (TPSA) is 50.7 Å². The molecule has 0 heterocycles. The van der Waals surface area contributed by atoms with E-state index in [0.29, 0.717) is 13.2 Å². The Bertz CT molecular complexity index is 383. The van der Waals surface area contributed by atoms with Crippen LogP contribution in [0, 0.1) is 0 Å². The molecule has 0 aliphatic heterocycles. The zero-order valence-corrected chi connectivity index (χ0v) is 12.8. The van der Waals surface area contributed by atoms with Gasteiger partial charge < -0.3 is 19.9 Å². The smallest absolute Gasteiger partial charge is 0.161 e. The predicted octanol–water partition coefficient (Wildman–Crippen LogP) is 2.38. The molecule has 1 aromatic rings. The minimum Gasteiger partial charge on any atom is -0.493 e. The number of ether oxygens (including phenoxy) is 2. The molecule has 0 aromatic heterocycles. The highest BCUT2D eigenvalue weighted by molar-refractivity contribution is 5.85. The standard InChI is InChI=1S/C14H23NO3.ClH/c1-5-18-13-8-11(6-7-12(13)17-4)9-15-14(2,3)10-16;/h6-8,15-16H,5,9-10H2,1-4H3;1H. The van der Waals surface area contributed by atoms with Gasteiger partial charge in [0.05, 0.1) is 20.3 Å². The summed E-state index contributed by atoms with van der Waals surface area (Å²) in [6.07, 6.45) is 0. The highest BCUT2D eigenvalue weighted by Gasteiger charge is 2.15. The van der Waals surface area contributed by atoms with Crippen molar-refractivity contribution in [2.24, 2.45) is 0 Å². The van der Waals surface area contributed by atoms with E-state index in [1.807, 2.05) is 39.0 Å². The Morgan fingerprint density at radius 2 is 1.95 bits per heavy atom. The second-order valence-corrected chi connectivity index (χ2v) is 4.81. The number of halogens is 1. The third-order valence-electron chi connectivity index (χ3n) is 2.69. The minimum absolute atomic E-state index is 0. The van der Waals surface area contributed by atoms with Crippen LogP contribution in [0.4, 0.5) is 0 Å². The van der Waals surface area contributed by atoms with Gasteiger partial charge in [-0.3, -0.25) is 0 Å². The first-order chi connectivity index (χ1) is 8.52. The van der Waals surface area contributed by atoms with E-state index >= 15 is 0 Å². The summed E-state index contributed by atoms with van der Waals surface area (Å²) in [4.78, 5) is 0. The average molecular weight is 290 g/mol. The van der Waals surface area contributed by atoms with Crippen molar-refractivity contribution < 1.29 is 14.6 Å². The zero-order valence-electron chi connectivity index (χ0n) is 12.0. The van der Waals surface area contributed by atoms with Gasteiger partial charge >= 0.3 is 0 Å². The van der Waals surface area contributed by atoms with E-state index in [1.165, 1.54) is 0 Å². The van der Waals surface area contributed by atoms with Crippen LogP contribution in [-0.4, -0.2) is 31.0 Å². The lowest BCUT2D eigenvalue weighted by Crippen LogP contribution is -2.42. The fourth-order valence-corrected chi connectivity index (χ4v) is 1.50. The van der Waals surface area contributed by atoms with Crippen LogP contribution in [0.1, 0.15) is 26.3 Å². The molecule has 2 N–H and O–H groups in total. The maximum Gasteiger partial charge on any atom is 0.161 e. The Morgan fingerprint density at radius 3 is 2.47 bits per heavy atom. The number of nitrogens with one attached hydrogen (secondary N) is 1. The van der Waals surface area contributed by atoms with Crippen molar-refractivity contribution in [1.29, 1.82) is 0 Å². The summed E-state index contributed by atoms with van der Waals surface area (Å²) in [5.74, 6) is 1.49.